The number of hydrogen-bond acceptors (Lipinski definition) is 1. The molecule has 106 valence electrons. The van der Waals surface area contributed by atoms with Crippen molar-refractivity contribution in [3.05, 3.63) is 63.7 Å². The predicted molar refractivity (Wildman–Crippen MR) is 95.1 cm³/mol. The Morgan fingerprint density at radius 3 is 2.48 bits per heavy atom. The number of rotatable bonds is 3. The minimum absolute atomic E-state index is 0.174. The zero-order valence-electron chi connectivity index (χ0n) is 11.8. The van der Waals surface area contributed by atoms with Crippen molar-refractivity contribution in [2.75, 3.05) is 11.9 Å². The van der Waals surface area contributed by atoms with Gasteiger partial charge in [-0.25, -0.2) is 0 Å². The molecule has 0 saturated carbocycles. The molecule has 0 aliphatic carbocycles. The van der Waals surface area contributed by atoms with Gasteiger partial charge in [-0.2, -0.15) is 0 Å². The van der Waals surface area contributed by atoms with Gasteiger partial charge in [-0.1, -0.05) is 48.4 Å². The first-order valence-electron chi connectivity index (χ1n) is 6.73. The van der Waals surface area contributed by atoms with E-state index in [0.717, 1.165) is 15.7 Å². The first kappa shape index (κ1) is 15.6. The van der Waals surface area contributed by atoms with Crippen molar-refractivity contribution in [2.24, 2.45) is 0 Å². The summed E-state index contributed by atoms with van der Waals surface area (Å²) in [5.74, 6) is 5.50. The Kier molecular flexibility index (Phi) is 5.82. The van der Waals surface area contributed by atoms with Gasteiger partial charge in [-0.05, 0) is 52.6 Å². The summed E-state index contributed by atoms with van der Waals surface area (Å²) in [5.41, 5.74) is 2.13. The van der Waals surface area contributed by atoms with E-state index in [9.17, 15) is 4.79 Å². The second-order valence-corrected chi connectivity index (χ2v) is 5.77. The average Bonchev–Trinajstić information content (AvgIpc) is 2.52. The molecule has 2 aromatic carbocycles. The number of hydrogen-bond donors (Lipinski definition) is 0. The Morgan fingerprint density at radius 1 is 1.10 bits per heavy atom. The molecule has 0 aliphatic heterocycles. The number of carbonyl (C=O) groups excluding carboxylic acids is 1. The Morgan fingerprint density at radius 2 is 1.76 bits per heavy atom. The molecule has 0 N–H and O–H groups in total. The molecular formula is C18H16INO. The van der Waals surface area contributed by atoms with E-state index >= 15 is 0 Å². The molecular weight excluding hydrogens is 373 g/mol. The van der Waals surface area contributed by atoms with E-state index in [-0.39, 0.29) is 5.91 Å². The van der Waals surface area contributed by atoms with E-state index in [0.29, 0.717) is 6.42 Å². The van der Waals surface area contributed by atoms with Gasteiger partial charge < -0.3 is 4.90 Å². The summed E-state index contributed by atoms with van der Waals surface area (Å²) in [6, 6.07) is 17.9. The third-order valence-corrected chi connectivity index (χ3v) is 4.01. The van der Waals surface area contributed by atoms with E-state index in [1.54, 1.807) is 11.9 Å². The molecule has 0 aromatic heterocycles. The van der Waals surface area contributed by atoms with Crippen LogP contribution in [0.4, 0.5) is 5.69 Å². The van der Waals surface area contributed by atoms with Crippen molar-refractivity contribution >= 4 is 34.2 Å². The molecule has 21 heavy (non-hydrogen) atoms. The van der Waals surface area contributed by atoms with Crippen LogP contribution in [0.5, 0.6) is 0 Å². The van der Waals surface area contributed by atoms with Crippen LogP contribution in [0.2, 0.25) is 0 Å². The largest absolute Gasteiger partial charge is 0.304 e. The summed E-state index contributed by atoms with van der Waals surface area (Å²) in [6.45, 7) is 0. The second-order valence-electron chi connectivity index (χ2n) is 4.60. The molecule has 3 heteroatoms. The number of aryl methyl sites for hydroxylation is 1. The monoisotopic (exact) mass is 389 g/mol. The van der Waals surface area contributed by atoms with Crippen molar-refractivity contribution < 1.29 is 4.79 Å². The summed E-state index contributed by atoms with van der Waals surface area (Å²) in [5, 5.41) is 0. The topological polar surface area (TPSA) is 20.3 Å². The number of carbonyl (C=O) groups is 1. The number of halogens is 1. The van der Waals surface area contributed by atoms with Gasteiger partial charge in [0.2, 0.25) is 0 Å². The van der Waals surface area contributed by atoms with Gasteiger partial charge in [-0.15, -0.1) is 0 Å². The summed E-state index contributed by atoms with van der Waals surface area (Å²) < 4.78 is 1.04. The number of amides is 1. The van der Waals surface area contributed by atoms with Crippen LogP contribution in [-0.4, -0.2) is 13.0 Å². The molecule has 0 unspecified atom stereocenters. The molecule has 2 aromatic rings. The lowest BCUT2D eigenvalue weighted by molar-refractivity contribution is -0.113. The van der Waals surface area contributed by atoms with Crippen molar-refractivity contribution in [3.63, 3.8) is 0 Å². The quantitative estimate of drug-likeness (QED) is 0.576. The Hall–Kier alpha value is -1.80. The smallest absolute Gasteiger partial charge is 0.302 e. The van der Waals surface area contributed by atoms with Crippen LogP contribution in [0.25, 0.3) is 0 Å². The Bertz CT molecular complexity index is 670. The SMILES string of the molecule is CN(C(=O)C#CCCc1ccccc1)c1ccccc1I. The second kappa shape index (κ2) is 7.84. The molecule has 0 radical (unpaired) electrons. The molecule has 1 amide bonds. The molecule has 0 atom stereocenters. The van der Waals surface area contributed by atoms with Gasteiger partial charge in [-0.3, -0.25) is 4.79 Å². The van der Waals surface area contributed by atoms with Crippen molar-refractivity contribution in [1.82, 2.24) is 0 Å². The normalized spacial score (nSPS) is 9.62. The highest BCUT2D eigenvalue weighted by molar-refractivity contribution is 14.1. The van der Waals surface area contributed by atoms with Gasteiger partial charge in [0, 0.05) is 17.0 Å². The standard InChI is InChI=1S/C18H16INO/c1-20(17-13-7-6-12-16(17)19)18(21)14-8-5-11-15-9-3-2-4-10-15/h2-4,6-7,9-10,12-13H,5,11H2,1H3. The molecule has 0 bridgehead atoms. The summed E-state index contributed by atoms with van der Waals surface area (Å²) in [7, 11) is 1.76. The van der Waals surface area contributed by atoms with Gasteiger partial charge in [0.25, 0.3) is 0 Å². The summed E-state index contributed by atoms with van der Waals surface area (Å²) in [4.78, 5) is 13.7. The zero-order chi connectivity index (χ0) is 15.1. The fourth-order valence-electron chi connectivity index (χ4n) is 1.91. The average molecular weight is 389 g/mol. The lowest BCUT2D eigenvalue weighted by atomic mass is 10.1. The van der Waals surface area contributed by atoms with Gasteiger partial charge in [0.1, 0.15) is 0 Å². The number of benzene rings is 2. The maximum Gasteiger partial charge on any atom is 0.302 e. The molecule has 0 spiro atoms. The van der Waals surface area contributed by atoms with E-state index in [1.807, 2.05) is 42.5 Å². The maximum absolute atomic E-state index is 12.1. The highest BCUT2D eigenvalue weighted by Crippen LogP contribution is 2.20. The summed E-state index contributed by atoms with van der Waals surface area (Å²) >= 11 is 2.22. The van der Waals surface area contributed by atoms with Gasteiger partial charge in [0.15, 0.2) is 0 Å². The van der Waals surface area contributed by atoms with Crippen LogP contribution >= 0.6 is 22.6 Å². The van der Waals surface area contributed by atoms with Crippen LogP contribution in [-0.2, 0) is 11.2 Å². The van der Waals surface area contributed by atoms with Gasteiger partial charge in [0.05, 0.1) is 5.69 Å². The lowest BCUT2D eigenvalue weighted by Gasteiger charge is -2.15. The molecule has 0 heterocycles. The molecule has 0 aliphatic rings. The van der Waals surface area contributed by atoms with E-state index in [4.69, 9.17) is 0 Å². The van der Waals surface area contributed by atoms with Crippen molar-refractivity contribution in [3.8, 4) is 11.8 Å². The summed E-state index contributed by atoms with van der Waals surface area (Å²) in [6.07, 6.45) is 1.56. The third-order valence-electron chi connectivity index (χ3n) is 3.10. The van der Waals surface area contributed by atoms with Crippen molar-refractivity contribution in [1.29, 1.82) is 0 Å². The van der Waals surface area contributed by atoms with Crippen LogP contribution in [0, 0.1) is 15.4 Å². The minimum atomic E-state index is -0.174. The molecule has 0 saturated heterocycles. The highest BCUT2D eigenvalue weighted by Gasteiger charge is 2.10. The fourth-order valence-corrected chi connectivity index (χ4v) is 2.66. The van der Waals surface area contributed by atoms with Crippen molar-refractivity contribution in [2.45, 2.75) is 12.8 Å². The van der Waals surface area contributed by atoms with Gasteiger partial charge >= 0.3 is 5.91 Å². The predicted octanol–water partition coefficient (Wildman–Crippen LogP) is 3.89. The Labute approximate surface area is 139 Å². The van der Waals surface area contributed by atoms with Crippen LogP contribution in [0.3, 0.4) is 0 Å². The molecule has 0 fully saturated rings. The number of para-hydroxylation sites is 1. The van der Waals surface area contributed by atoms with Crippen LogP contribution < -0.4 is 4.90 Å². The minimum Gasteiger partial charge on any atom is -0.304 e. The lowest BCUT2D eigenvalue weighted by Crippen LogP contribution is -2.25. The highest BCUT2D eigenvalue weighted by atomic mass is 127. The fraction of sp³-hybridized carbons (Fsp3) is 0.167. The van der Waals surface area contributed by atoms with E-state index < -0.39 is 0 Å². The number of nitrogens with zero attached hydrogens (tertiary/aromatic N) is 1. The van der Waals surface area contributed by atoms with Crippen LogP contribution in [0.15, 0.2) is 54.6 Å². The van der Waals surface area contributed by atoms with E-state index in [2.05, 4.69) is 46.6 Å². The van der Waals surface area contributed by atoms with E-state index in [1.165, 1.54) is 5.56 Å². The molecule has 2 rings (SSSR count). The van der Waals surface area contributed by atoms with Crippen LogP contribution in [0.1, 0.15) is 12.0 Å². The molecule has 2 nitrogen and oxygen atoms in total. The zero-order valence-corrected chi connectivity index (χ0v) is 14.0. The third kappa shape index (κ3) is 4.61. The maximum atomic E-state index is 12.1. The number of anilines is 1. The first-order valence-corrected chi connectivity index (χ1v) is 7.81. The first-order chi connectivity index (χ1) is 10.2. The Balaban J connectivity index is 1.93.